The minimum atomic E-state index is -5.16. The molecule has 10 nitrogen and oxygen atoms in total. The van der Waals surface area contributed by atoms with Crippen molar-refractivity contribution in [3.8, 4) is 0 Å². The van der Waals surface area contributed by atoms with Crippen molar-refractivity contribution < 1.29 is 49.8 Å². The Morgan fingerprint density at radius 3 is 1.59 bits per heavy atom. The fraction of sp³-hybridized carbons (Fsp3) is 0.833. The Labute approximate surface area is 94.5 Å². The van der Waals surface area contributed by atoms with Crippen molar-refractivity contribution in [2.75, 3.05) is 0 Å². The van der Waals surface area contributed by atoms with Gasteiger partial charge >= 0.3 is 13.6 Å². The molecule has 0 aliphatic rings. The summed E-state index contributed by atoms with van der Waals surface area (Å²) in [6.45, 7) is 0. The van der Waals surface area contributed by atoms with E-state index in [4.69, 9.17) is 40.4 Å². The number of carboxylic acid groups (broad SMARTS) is 1. The topological polar surface area (TPSA) is 196 Å². The van der Waals surface area contributed by atoms with Gasteiger partial charge in [-0.25, -0.2) is 4.79 Å². The van der Waals surface area contributed by atoms with Gasteiger partial charge in [-0.3, -0.25) is 4.57 Å². The molecular formula is C6H13O10P. The summed E-state index contributed by atoms with van der Waals surface area (Å²) in [4.78, 5) is 27.1. The van der Waals surface area contributed by atoms with Crippen LogP contribution in [-0.4, -0.2) is 76.7 Å². The lowest BCUT2D eigenvalue weighted by molar-refractivity contribution is -0.165. The molecule has 8 N–H and O–H groups in total. The Kier molecular flexibility index (Phi) is 5.65. The molecule has 0 aliphatic carbocycles. The smallest absolute Gasteiger partial charge is 0.356 e. The number of carbonyl (C=O) groups is 1. The molecule has 5 atom stereocenters. The van der Waals surface area contributed by atoms with Gasteiger partial charge in [-0.1, -0.05) is 0 Å². The van der Waals surface area contributed by atoms with Crippen LogP contribution < -0.4 is 0 Å². The van der Waals surface area contributed by atoms with Crippen LogP contribution in [0.3, 0.4) is 0 Å². The van der Waals surface area contributed by atoms with Gasteiger partial charge < -0.3 is 40.4 Å². The molecule has 1 unspecified atom stereocenters. The normalized spacial score (nSPS) is 21.4. The zero-order valence-corrected chi connectivity index (χ0v) is 9.12. The lowest BCUT2D eigenvalue weighted by Crippen LogP contribution is -2.51. The molecule has 0 saturated carbocycles. The average molecular weight is 276 g/mol. The summed E-state index contributed by atoms with van der Waals surface area (Å²) >= 11 is 0. The number of hydrogen-bond acceptors (Lipinski definition) is 7. The molecule has 0 saturated heterocycles. The molecule has 0 aliphatic heterocycles. The molecule has 0 rings (SSSR count). The molecule has 0 fully saturated rings. The Balaban J connectivity index is 4.76. The van der Waals surface area contributed by atoms with Crippen LogP contribution >= 0.6 is 7.60 Å². The largest absolute Gasteiger partial charge is 0.479 e. The number of hydrogen-bond donors (Lipinski definition) is 8. The molecule has 0 spiro atoms. The molecule has 0 aromatic rings. The highest BCUT2D eigenvalue weighted by Crippen LogP contribution is 2.42. The predicted octanol–water partition coefficient (Wildman–Crippen LogP) is -3.99. The Morgan fingerprint density at radius 2 is 1.29 bits per heavy atom. The van der Waals surface area contributed by atoms with Gasteiger partial charge in [0.25, 0.3) is 0 Å². The third-order valence-electron chi connectivity index (χ3n) is 1.93. The van der Waals surface area contributed by atoms with E-state index in [9.17, 15) is 9.36 Å². The van der Waals surface area contributed by atoms with Crippen LogP contribution in [0.4, 0.5) is 0 Å². The first-order chi connectivity index (χ1) is 7.50. The lowest BCUT2D eigenvalue weighted by Gasteiger charge is -2.27. The van der Waals surface area contributed by atoms with Crippen LogP contribution in [-0.2, 0) is 9.36 Å². The third-order valence-corrected chi connectivity index (χ3v) is 2.92. The SMILES string of the molecule is O=C(O)[C@H](O)[C@@H](O)[C@H](O)[C@H](O)C(O)P(=O)(O)O. The maximum atomic E-state index is 10.5. The maximum Gasteiger partial charge on any atom is 0.356 e. The van der Waals surface area contributed by atoms with Crippen molar-refractivity contribution in [1.29, 1.82) is 0 Å². The number of aliphatic hydroxyl groups excluding tert-OH is 5. The predicted molar refractivity (Wildman–Crippen MR) is 49.7 cm³/mol. The monoisotopic (exact) mass is 276 g/mol. The average Bonchev–Trinajstić information content (AvgIpc) is 2.22. The van der Waals surface area contributed by atoms with Gasteiger partial charge in [0.15, 0.2) is 11.9 Å². The molecule has 0 aromatic heterocycles. The van der Waals surface area contributed by atoms with E-state index in [2.05, 4.69) is 0 Å². The Morgan fingerprint density at radius 1 is 0.882 bits per heavy atom. The molecule has 0 bridgehead atoms. The zero-order chi connectivity index (χ0) is 14.0. The maximum absolute atomic E-state index is 10.5. The molecule has 0 heterocycles. The van der Waals surface area contributed by atoms with Gasteiger partial charge in [-0.05, 0) is 0 Å². The standard InChI is InChI=1S/C6H13O10P/c7-1(3(9)5(11)12)2(8)4(10)6(13)17(14,15)16/h1-4,6-10,13H,(H,11,12)(H2,14,15,16)/t1-,2-,3+,4-,6?/m0/s1. The number of carboxylic acids is 1. The van der Waals surface area contributed by atoms with Crippen molar-refractivity contribution in [2.24, 2.45) is 0 Å². The summed E-state index contributed by atoms with van der Waals surface area (Å²) in [5.74, 6) is -4.64. The minimum absolute atomic E-state index is 1.92. The van der Waals surface area contributed by atoms with Gasteiger partial charge in [0.05, 0.1) is 0 Å². The summed E-state index contributed by atoms with van der Waals surface area (Å²) < 4.78 is 10.5. The fourth-order valence-electron chi connectivity index (χ4n) is 0.910. The summed E-state index contributed by atoms with van der Waals surface area (Å²) in [5, 5.41) is 53.2. The highest BCUT2D eigenvalue weighted by atomic mass is 31.2. The molecule has 17 heavy (non-hydrogen) atoms. The molecule has 0 amide bonds. The fourth-order valence-corrected chi connectivity index (χ4v) is 1.48. The van der Waals surface area contributed by atoms with Crippen LogP contribution in [0.5, 0.6) is 0 Å². The van der Waals surface area contributed by atoms with E-state index < -0.39 is 43.8 Å². The van der Waals surface area contributed by atoms with Crippen molar-refractivity contribution in [1.82, 2.24) is 0 Å². The van der Waals surface area contributed by atoms with E-state index in [0.717, 1.165) is 0 Å². The number of aliphatic hydroxyl groups is 5. The van der Waals surface area contributed by atoms with E-state index in [0.29, 0.717) is 0 Å². The van der Waals surface area contributed by atoms with Crippen molar-refractivity contribution >= 4 is 13.6 Å². The summed E-state index contributed by atoms with van der Waals surface area (Å²) in [5.41, 5.74) is 0. The quantitative estimate of drug-likeness (QED) is 0.221. The molecule has 11 heteroatoms. The van der Waals surface area contributed by atoms with E-state index in [-0.39, 0.29) is 0 Å². The highest BCUT2D eigenvalue weighted by Gasteiger charge is 2.43. The van der Waals surface area contributed by atoms with E-state index >= 15 is 0 Å². The summed E-state index contributed by atoms with van der Waals surface area (Å²) in [6.07, 6.45) is -9.89. The first kappa shape index (κ1) is 16.4. The zero-order valence-electron chi connectivity index (χ0n) is 8.23. The molecule has 102 valence electrons. The van der Waals surface area contributed by atoms with Crippen molar-refractivity contribution in [2.45, 2.75) is 30.3 Å². The minimum Gasteiger partial charge on any atom is -0.479 e. The van der Waals surface area contributed by atoms with Gasteiger partial charge in [0.2, 0.25) is 0 Å². The number of aliphatic carboxylic acids is 1. The Bertz CT molecular complexity index is 312. The highest BCUT2D eigenvalue weighted by molar-refractivity contribution is 7.52. The van der Waals surface area contributed by atoms with Gasteiger partial charge in [0.1, 0.15) is 18.3 Å². The van der Waals surface area contributed by atoms with E-state index in [1.807, 2.05) is 0 Å². The van der Waals surface area contributed by atoms with Crippen LogP contribution in [0.1, 0.15) is 0 Å². The second-order valence-corrected chi connectivity index (χ2v) is 4.96. The van der Waals surface area contributed by atoms with Gasteiger partial charge in [-0.2, -0.15) is 0 Å². The number of rotatable bonds is 6. The van der Waals surface area contributed by atoms with Crippen LogP contribution in [0.2, 0.25) is 0 Å². The molecular weight excluding hydrogens is 263 g/mol. The Hall–Kier alpha value is -0.580. The van der Waals surface area contributed by atoms with Crippen LogP contribution in [0.15, 0.2) is 0 Å². The molecule has 0 radical (unpaired) electrons. The van der Waals surface area contributed by atoms with Crippen LogP contribution in [0, 0.1) is 0 Å². The van der Waals surface area contributed by atoms with Crippen molar-refractivity contribution in [3.63, 3.8) is 0 Å². The van der Waals surface area contributed by atoms with Gasteiger partial charge in [0, 0.05) is 0 Å². The van der Waals surface area contributed by atoms with E-state index in [1.165, 1.54) is 0 Å². The van der Waals surface area contributed by atoms with E-state index in [1.54, 1.807) is 0 Å². The lowest BCUT2D eigenvalue weighted by atomic mass is 10.0. The second-order valence-electron chi connectivity index (χ2n) is 3.26. The third kappa shape index (κ3) is 4.30. The summed E-state index contributed by atoms with van der Waals surface area (Å²) in [7, 11) is -5.16. The van der Waals surface area contributed by atoms with Crippen LogP contribution in [0.25, 0.3) is 0 Å². The van der Waals surface area contributed by atoms with Crippen molar-refractivity contribution in [3.05, 3.63) is 0 Å². The second kappa shape index (κ2) is 5.85. The first-order valence-electron chi connectivity index (χ1n) is 4.18. The summed E-state index contributed by atoms with van der Waals surface area (Å²) in [6, 6.07) is 0. The first-order valence-corrected chi connectivity index (χ1v) is 5.86. The molecule has 0 aromatic carbocycles. The van der Waals surface area contributed by atoms with Gasteiger partial charge in [-0.15, -0.1) is 0 Å².